The minimum Gasteiger partial charge on any atom is -0.379 e. The van der Waals surface area contributed by atoms with Crippen LogP contribution in [0.1, 0.15) is 40.1 Å². The van der Waals surface area contributed by atoms with Crippen LogP contribution in [0.3, 0.4) is 0 Å². The molecule has 1 aromatic carbocycles. The molecule has 2 N–H and O–H groups in total. The summed E-state index contributed by atoms with van der Waals surface area (Å²) in [6.45, 7) is 9.37. The minimum absolute atomic E-state index is 0.0472. The Morgan fingerprint density at radius 1 is 1.17 bits per heavy atom. The molecule has 7 nitrogen and oxygen atoms in total. The van der Waals surface area contributed by atoms with Crippen LogP contribution in [-0.4, -0.2) is 52.2 Å². The number of nitrogen functional groups attached to an aromatic ring is 1. The van der Waals surface area contributed by atoms with Crippen molar-refractivity contribution in [1.82, 2.24) is 20.1 Å². The molecule has 1 saturated heterocycles. The van der Waals surface area contributed by atoms with E-state index in [2.05, 4.69) is 58.8 Å². The number of carbonyl (C=O) groups is 1. The van der Waals surface area contributed by atoms with Crippen LogP contribution in [0.5, 0.6) is 0 Å². The lowest BCUT2D eigenvalue weighted by Gasteiger charge is -2.38. The van der Waals surface area contributed by atoms with E-state index in [1.165, 1.54) is 16.7 Å². The van der Waals surface area contributed by atoms with Crippen molar-refractivity contribution in [2.45, 2.75) is 26.8 Å². The maximum absolute atomic E-state index is 12.4. The normalized spacial score (nSPS) is 17.0. The number of hydrogen-bond donors (Lipinski definition) is 1. The Bertz CT molecular complexity index is 734. The molecule has 1 aliphatic rings. The average molecular weight is 329 g/mol. The van der Waals surface area contributed by atoms with Gasteiger partial charge < -0.3 is 10.6 Å². The van der Waals surface area contributed by atoms with Gasteiger partial charge in [0.25, 0.3) is 5.91 Å². The lowest BCUT2D eigenvalue weighted by Crippen LogP contribution is -2.49. The Hall–Kier alpha value is -2.41. The van der Waals surface area contributed by atoms with Crippen molar-refractivity contribution in [1.29, 1.82) is 0 Å². The van der Waals surface area contributed by atoms with Gasteiger partial charge in [0.05, 0.1) is 0 Å². The number of anilines is 1. The van der Waals surface area contributed by atoms with E-state index in [4.69, 9.17) is 5.73 Å². The maximum atomic E-state index is 12.4. The van der Waals surface area contributed by atoms with Gasteiger partial charge in [-0.15, -0.1) is 0 Å². The van der Waals surface area contributed by atoms with Gasteiger partial charge in [0, 0.05) is 32.2 Å². The van der Waals surface area contributed by atoms with Gasteiger partial charge in [0.15, 0.2) is 0 Å². The first-order valence-electron chi connectivity index (χ1n) is 8.16. The summed E-state index contributed by atoms with van der Waals surface area (Å²) in [5, 5.41) is 7.06. The third-order valence-corrected chi connectivity index (χ3v) is 4.88. The quantitative estimate of drug-likeness (QED) is 0.923. The molecule has 0 spiro atoms. The van der Waals surface area contributed by atoms with Crippen LogP contribution in [0.4, 0.5) is 5.82 Å². The van der Waals surface area contributed by atoms with Gasteiger partial charge in [-0.1, -0.05) is 18.2 Å². The van der Waals surface area contributed by atoms with Crippen LogP contribution in [0.15, 0.2) is 22.8 Å². The van der Waals surface area contributed by atoms with E-state index in [1.807, 2.05) is 0 Å². The number of rotatable bonds is 3. The summed E-state index contributed by atoms with van der Waals surface area (Å²) in [5.41, 5.74) is 9.62. The van der Waals surface area contributed by atoms with Crippen molar-refractivity contribution < 1.29 is 9.42 Å². The molecule has 1 aromatic heterocycles. The van der Waals surface area contributed by atoms with E-state index in [0.717, 1.165) is 13.1 Å². The molecule has 1 amide bonds. The minimum atomic E-state index is -0.216. The molecular formula is C17H23N5O2. The third-order valence-electron chi connectivity index (χ3n) is 4.88. The lowest BCUT2D eigenvalue weighted by molar-refractivity contribution is 0.0573. The number of amides is 1. The fourth-order valence-corrected chi connectivity index (χ4v) is 3.04. The summed E-state index contributed by atoms with van der Waals surface area (Å²) in [5.74, 6) is -0.168. The summed E-state index contributed by atoms with van der Waals surface area (Å²) in [6, 6.07) is 6.92. The highest BCUT2D eigenvalue weighted by Crippen LogP contribution is 2.24. The zero-order valence-corrected chi connectivity index (χ0v) is 14.3. The zero-order valence-electron chi connectivity index (χ0n) is 14.3. The molecule has 1 unspecified atom stereocenters. The van der Waals surface area contributed by atoms with Gasteiger partial charge in [-0.25, -0.2) is 4.63 Å². The Morgan fingerprint density at radius 2 is 1.88 bits per heavy atom. The van der Waals surface area contributed by atoms with E-state index in [1.54, 1.807) is 4.90 Å². The highest BCUT2D eigenvalue weighted by molar-refractivity contribution is 5.96. The number of aromatic nitrogens is 2. The van der Waals surface area contributed by atoms with Crippen LogP contribution in [0.25, 0.3) is 0 Å². The molecule has 0 saturated carbocycles. The average Bonchev–Trinajstić information content (AvgIpc) is 3.02. The van der Waals surface area contributed by atoms with Gasteiger partial charge in [0.1, 0.15) is 0 Å². The molecule has 2 aromatic rings. The molecule has 1 atom stereocenters. The first kappa shape index (κ1) is 16.4. The molecular weight excluding hydrogens is 306 g/mol. The van der Waals surface area contributed by atoms with E-state index < -0.39 is 0 Å². The van der Waals surface area contributed by atoms with Crippen LogP contribution >= 0.6 is 0 Å². The SMILES string of the molecule is Cc1ccc(C(C)N2CCN(C(=O)c3nonc3N)CC2)cc1C. The second kappa shape index (κ2) is 6.60. The second-order valence-electron chi connectivity index (χ2n) is 6.35. The number of nitrogens with zero attached hydrogens (tertiary/aromatic N) is 4. The first-order chi connectivity index (χ1) is 11.5. The van der Waals surface area contributed by atoms with E-state index in [-0.39, 0.29) is 17.4 Å². The summed E-state index contributed by atoms with van der Waals surface area (Å²) >= 11 is 0. The van der Waals surface area contributed by atoms with Crippen molar-refractivity contribution in [3.8, 4) is 0 Å². The van der Waals surface area contributed by atoms with E-state index in [9.17, 15) is 4.79 Å². The molecule has 0 aliphatic carbocycles. The lowest BCUT2D eigenvalue weighted by atomic mass is 10.0. The summed E-state index contributed by atoms with van der Waals surface area (Å²) in [4.78, 5) is 16.5. The number of benzene rings is 1. The summed E-state index contributed by atoms with van der Waals surface area (Å²) < 4.78 is 4.51. The van der Waals surface area contributed by atoms with Crippen molar-refractivity contribution >= 4 is 11.7 Å². The van der Waals surface area contributed by atoms with E-state index in [0.29, 0.717) is 19.1 Å². The Labute approximate surface area is 141 Å². The number of piperazine rings is 1. The number of carbonyl (C=O) groups excluding carboxylic acids is 1. The van der Waals surface area contributed by atoms with Crippen molar-refractivity contribution in [3.63, 3.8) is 0 Å². The second-order valence-corrected chi connectivity index (χ2v) is 6.35. The maximum Gasteiger partial charge on any atom is 0.280 e. The van der Waals surface area contributed by atoms with Crippen molar-refractivity contribution in [2.75, 3.05) is 31.9 Å². The monoisotopic (exact) mass is 329 g/mol. The van der Waals surface area contributed by atoms with Gasteiger partial charge in [0.2, 0.25) is 11.5 Å². The highest BCUT2D eigenvalue weighted by atomic mass is 16.6. The fraction of sp³-hybridized carbons (Fsp3) is 0.471. The van der Waals surface area contributed by atoms with Gasteiger partial charge in [-0.2, -0.15) is 0 Å². The Morgan fingerprint density at radius 3 is 2.46 bits per heavy atom. The molecule has 2 heterocycles. The van der Waals surface area contributed by atoms with Gasteiger partial charge in [-0.05, 0) is 47.8 Å². The topological polar surface area (TPSA) is 88.5 Å². The Kier molecular flexibility index (Phi) is 4.53. The van der Waals surface area contributed by atoms with Gasteiger partial charge >= 0.3 is 0 Å². The molecule has 1 fully saturated rings. The van der Waals surface area contributed by atoms with Crippen LogP contribution in [0, 0.1) is 13.8 Å². The molecule has 128 valence electrons. The third kappa shape index (κ3) is 3.12. The summed E-state index contributed by atoms with van der Waals surface area (Å²) in [6.07, 6.45) is 0. The fourth-order valence-electron chi connectivity index (χ4n) is 3.04. The van der Waals surface area contributed by atoms with Crippen LogP contribution < -0.4 is 5.73 Å². The Balaban J connectivity index is 1.63. The molecule has 7 heteroatoms. The summed E-state index contributed by atoms with van der Waals surface area (Å²) in [7, 11) is 0. The highest BCUT2D eigenvalue weighted by Gasteiger charge is 2.28. The molecule has 0 radical (unpaired) electrons. The molecule has 3 rings (SSSR count). The van der Waals surface area contributed by atoms with Crippen molar-refractivity contribution in [2.24, 2.45) is 0 Å². The molecule has 1 aliphatic heterocycles. The van der Waals surface area contributed by atoms with Crippen LogP contribution in [-0.2, 0) is 0 Å². The van der Waals surface area contributed by atoms with Crippen molar-refractivity contribution in [3.05, 3.63) is 40.6 Å². The number of nitrogens with two attached hydrogens (primary N) is 1. The number of hydrogen-bond acceptors (Lipinski definition) is 6. The molecule has 24 heavy (non-hydrogen) atoms. The van der Waals surface area contributed by atoms with E-state index >= 15 is 0 Å². The van der Waals surface area contributed by atoms with Gasteiger partial charge in [-0.3, -0.25) is 9.69 Å². The number of aryl methyl sites for hydroxylation is 2. The molecule has 0 bridgehead atoms. The first-order valence-corrected chi connectivity index (χ1v) is 8.16. The zero-order chi connectivity index (χ0) is 17.3. The largest absolute Gasteiger partial charge is 0.379 e. The predicted octanol–water partition coefficient (Wildman–Crippen LogP) is 1.79. The smallest absolute Gasteiger partial charge is 0.280 e. The standard InChI is InChI=1S/C17H23N5O2/c1-11-4-5-14(10-12(11)2)13(3)21-6-8-22(9-7-21)17(23)15-16(18)20-24-19-15/h4-5,10,13H,6-9H2,1-3H3,(H2,18,20). The predicted molar refractivity (Wildman–Crippen MR) is 90.5 cm³/mol. The van der Waals surface area contributed by atoms with Crippen LogP contribution in [0.2, 0.25) is 0 Å².